The van der Waals surface area contributed by atoms with E-state index < -0.39 is 5.54 Å². The number of carbonyl (C=O) groups excluding carboxylic acids is 3. The van der Waals surface area contributed by atoms with E-state index in [9.17, 15) is 18.8 Å². The van der Waals surface area contributed by atoms with Crippen LogP contribution in [0.5, 0.6) is 0 Å². The van der Waals surface area contributed by atoms with E-state index in [1.807, 2.05) is 6.92 Å². The summed E-state index contributed by atoms with van der Waals surface area (Å²) in [6, 6.07) is 5.39. The van der Waals surface area contributed by atoms with Crippen LogP contribution < -0.4 is 10.6 Å². The van der Waals surface area contributed by atoms with Crippen LogP contribution in [0, 0.1) is 5.82 Å². The predicted octanol–water partition coefficient (Wildman–Crippen LogP) is 2.65. The molecule has 2 aliphatic rings. The van der Waals surface area contributed by atoms with Crippen LogP contribution in [0.25, 0.3) is 0 Å². The Morgan fingerprint density at radius 2 is 1.92 bits per heavy atom. The first-order valence-electron chi connectivity index (χ1n) is 9.10. The van der Waals surface area contributed by atoms with Crippen molar-refractivity contribution < 1.29 is 18.8 Å². The number of hydrogen-bond donors (Lipinski definition) is 2. The first kappa shape index (κ1) is 18.4. The van der Waals surface area contributed by atoms with Crippen LogP contribution in [0.2, 0.25) is 0 Å². The van der Waals surface area contributed by atoms with Crippen molar-refractivity contribution in [2.45, 2.75) is 57.0 Å². The molecule has 1 heterocycles. The molecule has 1 atom stereocenters. The van der Waals surface area contributed by atoms with E-state index in [-0.39, 0.29) is 42.7 Å². The number of halogens is 1. The van der Waals surface area contributed by atoms with Gasteiger partial charge >= 0.3 is 6.03 Å². The monoisotopic (exact) mass is 361 g/mol. The SMILES string of the molecule is C[C@H](NC(=O)CCCN1C(=O)NC2(CCCC2)C1=O)c1ccc(F)cc1. The molecule has 2 fully saturated rings. The molecule has 0 radical (unpaired) electrons. The maximum Gasteiger partial charge on any atom is 0.325 e. The van der Waals surface area contributed by atoms with Gasteiger partial charge in [-0.15, -0.1) is 0 Å². The van der Waals surface area contributed by atoms with E-state index in [1.54, 1.807) is 12.1 Å². The van der Waals surface area contributed by atoms with E-state index in [2.05, 4.69) is 10.6 Å². The zero-order valence-electron chi connectivity index (χ0n) is 14.9. The Bertz CT molecular complexity index is 698. The molecule has 1 aliphatic carbocycles. The third-order valence-corrected chi connectivity index (χ3v) is 5.24. The Balaban J connectivity index is 1.45. The minimum absolute atomic E-state index is 0.153. The highest BCUT2D eigenvalue weighted by Crippen LogP contribution is 2.35. The average Bonchev–Trinajstić information content (AvgIpc) is 3.16. The number of rotatable bonds is 6. The number of carbonyl (C=O) groups is 3. The first-order chi connectivity index (χ1) is 12.4. The molecular weight excluding hydrogens is 337 g/mol. The molecule has 26 heavy (non-hydrogen) atoms. The molecule has 2 N–H and O–H groups in total. The number of amides is 4. The molecule has 0 bridgehead atoms. The highest BCUT2D eigenvalue weighted by atomic mass is 19.1. The van der Waals surface area contributed by atoms with E-state index in [0.29, 0.717) is 19.3 Å². The van der Waals surface area contributed by atoms with Gasteiger partial charge in [0.25, 0.3) is 5.91 Å². The summed E-state index contributed by atoms with van der Waals surface area (Å²) in [4.78, 5) is 37.9. The summed E-state index contributed by atoms with van der Waals surface area (Å²) in [5.74, 6) is -0.634. The Morgan fingerprint density at radius 1 is 1.27 bits per heavy atom. The van der Waals surface area contributed by atoms with E-state index in [0.717, 1.165) is 18.4 Å². The Hall–Kier alpha value is -2.44. The first-order valence-corrected chi connectivity index (χ1v) is 9.10. The molecule has 1 saturated carbocycles. The normalized spacial score (nSPS) is 19.7. The number of nitrogens with zero attached hydrogens (tertiary/aromatic N) is 1. The average molecular weight is 361 g/mol. The van der Waals surface area contributed by atoms with Crippen molar-refractivity contribution in [2.75, 3.05) is 6.54 Å². The van der Waals surface area contributed by atoms with Gasteiger partial charge in [-0.25, -0.2) is 9.18 Å². The molecule has 1 aromatic rings. The zero-order valence-corrected chi connectivity index (χ0v) is 14.9. The minimum Gasteiger partial charge on any atom is -0.350 e. The molecule has 1 aliphatic heterocycles. The van der Waals surface area contributed by atoms with Gasteiger partial charge in [0.1, 0.15) is 11.4 Å². The zero-order chi connectivity index (χ0) is 18.7. The van der Waals surface area contributed by atoms with Crippen molar-refractivity contribution in [3.63, 3.8) is 0 Å². The molecule has 1 spiro atoms. The Kier molecular flexibility index (Phi) is 5.25. The highest BCUT2D eigenvalue weighted by molar-refractivity contribution is 6.07. The molecule has 0 unspecified atom stereocenters. The van der Waals surface area contributed by atoms with Crippen molar-refractivity contribution in [2.24, 2.45) is 0 Å². The quantitative estimate of drug-likeness (QED) is 0.765. The highest BCUT2D eigenvalue weighted by Gasteiger charge is 2.51. The summed E-state index contributed by atoms with van der Waals surface area (Å²) in [7, 11) is 0. The van der Waals surface area contributed by atoms with Crippen molar-refractivity contribution in [3.05, 3.63) is 35.6 Å². The van der Waals surface area contributed by atoms with Gasteiger partial charge in [0.05, 0.1) is 6.04 Å². The number of hydrogen-bond acceptors (Lipinski definition) is 3. The van der Waals surface area contributed by atoms with Crippen LogP contribution in [-0.2, 0) is 9.59 Å². The lowest BCUT2D eigenvalue weighted by Gasteiger charge is -2.20. The molecule has 0 aromatic heterocycles. The summed E-state index contributed by atoms with van der Waals surface area (Å²) in [6.45, 7) is 2.07. The second-order valence-corrected chi connectivity index (χ2v) is 7.12. The second-order valence-electron chi connectivity index (χ2n) is 7.12. The molecule has 1 aromatic carbocycles. The Labute approximate surface area is 152 Å². The summed E-state index contributed by atoms with van der Waals surface area (Å²) < 4.78 is 12.9. The molecule has 4 amide bonds. The Morgan fingerprint density at radius 3 is 2.58 bits per heavy atom. The number of nitrogens with one attached hydrogen (secondary N) is 2. The third kappa shape index (κ3) is 3.71. The number of benzene rings is 1. The smallest absolute Gasteiger partial charge is 0.325 e. The fourth-order valence-corrected chi connectivity index (χ4v) is 3.74. The summed E-state index contributed by atoms with van der Waals surface area (Å²) in [5, 5.41) is 5.68. The maximum atomic E-state index is 12.9. The van der Waals surface area contributed by atoms with Crippen LogP contribution in [0.4, 0.5) is 9.18 Å². The van der Waals surface area contributed by atoms with Gasteiger partial charge in [-0.1, -0.05) is 25.0 Å². The summed E-state index contributed by atoms with van der Waals surface area (Å²) in [5.41, 5.74) is 0.119. The lowest BCUT2D eigenvalue weighted by atomic mass is 9.98. The van der Waals surface area contributed by atoms with Gasteiger partial charge in [0.15, 0.2) is 0 Å². The van der Waals surface area contributed by atoms with Crippen molar-refractivity contribution in [1.29, 1.82) is 0 Å². The molecular formula is C19H24FN3O3. The van der Waals surface area contributed by atoms with E-state index in [1.165, 1.54) is 17.0 Å². The summed E-state index contributed by atoms with van der Waals surface area (Å²) in [6.07, 6.45) is 3.92. The molecule has 3 rings (SSSR count). The van der Waals surface area contributed by atoms with Gasteiger partial charge in [-0.3, -0.25) is 14.5 Å². The van der Waals surface area contributed by atoms with Crippen molar-refractivity contribution in [3.8, 4) is 0 Å². The maximum absolute atomic E-state index is 12.9. The third-order valence-electron chi connectivity index (χ3n) is 5.24. The van der Waals surface area contributed by atoms with Crippen molar-refractivity contribution >= 4 is 17.8 Å². The van der Waals surface area contributed by atoms with Crippen LogP contribution >= 0.6 is 0 Å². The van der Waals surface area contributed by atoms with Crippen LogP contribution in [0.1, 0.15) is 57.1 Å². The van der Waals surface area contributed by atoms with Gasteiger partial charge in [-0.05, 0) is 43.9 Å². The van der Waals surface area contributed by atoms with Crippen LogP contribution in [-0.4, -0.2) is 34.8 Å². The van der Waals surface area contributed by atoms with Gasteiger partial charge < -0.3 is 10.6 Å². The van der Waals surface area contributed by atoms with Crippen LogP contribution in [0.3, 0.4) is 0 Å². The fraction of sp³-hybridized carbons (Fsp3) is 0.526. The standard InChI is InChI=1S/C19H24FN3O3/c1-13(14-6-8-15(20)9-7-14)21-16(24)5-4-12-23-17(25)19(22-18(23)26)10-2-3-11-19/h6-9,13H,2-5,10-12H2,1H3,(H,21,24)(H,22,26)/t13-/m0/s1. The minimum atomic E-state index is -0.698. The molecule has 1 saturated heterocycles. The van der Waals surface area contributed by atoms with E-state index in [4.69, 9.17) is 0 Å². The van der Waals surface area contributed by atoms with Gasteiger partial charge in [0, 0.05) is 13.0 Å². The molecule has 7 heteroatoms. The fourth-order valence-electron chi connectivity index (χ4n) is 3.74. The topological polar surface area (TPSA) is 78.5 Å². The predicted molar refractivity (Wildman–Crippen MR) is 93.6 cm³/mol. The number of urea groups is 1. The summed E-state index contributed by atoms with van der Waals surface area (Å²) >= 11 is 0. The van der Waals surface area contributed by atoms with Crippen molar-refractivity contribution in [1.82, 2.24) is 15.5 Å². The lowest BCUT2D eigenvalue weighted by Crippen LogP contribution is -2.44. The van der Waals surface area contributed by atoms with Crippen LogP contribution in [0.15, 0.2) is 24.3 Å². The van der Waals surface area contributed by atoms with Gasteiger partial charge in [0.2, 0.25) is 5.91 Å². The number of imide groups is 1. The largest absolute Gasteiger partial charge is 0.350 e. The molecule has 6 nitrogen and oxygen atoms in total. The van der Waals surface area contributed by atoms with E-state index >= 15 is 0 Å². The van der Waals surface area contributed by atoms with Gasteiger partial charge in [-0.2, -0.15) is 0 Å². The molecule has 140 valence electrons. The second kappa shape index (κ2) is 7.43. The lowest BCUT2D eigenvalue weighted by molar-refractivity contribution is -0.131.